The molecule has 0 heterocycles. The van der Waals surface area contributed by atoms with Gasteiger partial charge in [0.05, 0.1) is 0 Å². The van der Waals surface area contributed by atoms with Gasteiger partial charge in [-0.2, -0.15) is 0 Å². The van der Waals surface area contributed by atoms with Crippen molar-refractivity contribution in [3.8, 4) is 0 Å². The van der Waals surface area contributed by atoms with Crippen molar-refractivity contribution in [3.05, 3.63) is 0 Å². The van der Waals surface area contributed by atoms with Crippen LogP contribution in [0.5, 0.6) is 0 Å². The Morgan fingerprint density at radius 3 is 1.11 bits per heavy atom. The van der Waals surface area contributed by atoms with Crippen molar-refractivity contribution in [1.29, 1.82) is 0 Å². The zero-order valence-electron chi connectivity index (χ0n) is 6.32. The van der Waals surface area contributed by atoms with E-state index in [0.29, 0.717) is 0 Å². The molecule has 0 N–H and O–H groups in total. The van der Waals surface area contributed by atoms with E-state index in [4.69, 9.17) is 19.9 Å². The summed E-state index contributed by atoms with van der Waals surface area (Å²) in [5.74, 6) is 0. The van der Waals surface area contributed by atoms with E-state index in [1.54, 1.807) is 0 Å². The summed E-state index contributed by atoms with van der Waals surface area (Å²) in [5, 5.41) is 2.98. The van der Waals surface area contributed by atoms with E-state index < -0.39 is 10.6 Å². The van der Waals surface area contributed by atoms with E-state index in [-0.39, 0.29) is 0 Å². The van der Waals surface area contributed by atoms with Gasteiger partial charge in [-0.1, -0.05) is 0 Å². The maximum atomic E-state index is 6.29. The summed E-state index contributed by atoms with van der Waals surface area (Å²) in [6.07, 6.45) is 0. The van der Waals surface area contributed by atoms with Crippen molar-refractivity contribution in [1.82, 2.24) is 0 Å². The molecule has 3 heteroatoms. The molecule has 0 saturated heterocycles. The van der Waals surface area contributed by atoms with Crippen LogP contribution < -0.4 is 0 Å². The first kappa shape index (κ1) is 10.1. The fourth-order valence-electron chi connectivity index (χ4n) is 0.671. The molecule has 0 aromatic carbocycles. The summed E-state index contributed by atoms with van der Waals surface area (Å²) in [7, 11) is 9.90. The molecule has 0 aliphatic rings. The fraction of sp³-hybridized carbons (Fsp3) is 1.00. The minimum atomic E-state index is -2.68. The van der Waals surface area contributed by atoms with Gasteiger partial charge >= 0.3 is 66.9 Å². The summed E-state index contributed by atoms with van der Waals surface area (Å²) in [4.78, 5) is 0. The predicted molar refractivity (Wildman–Crippen MR) is 48.9 cm³/mol. The Balaban J connectivity index is 4.20. The van der Waals surface area contributed by atoms with Crippen LogP contribution in [0.25, 0.3) is 0 Å². The van der Waals surface area contributed by atoms with E-state index in [0.717, 1.165) is 15.6 Å². The molecule has 0 spiro atoms. The van der Waals surface area contributed by atoms with Gasteiger partial charge in [0.2, 0.25) is 0 Å². The molecular formula is C6H15AsCl2. The van der Waals surface area contributed by atoms with Crippen LogP contribution in [-0.4, -0.2) is 10.6 Å². The second-order valence-corrected chi connectivity index (χ2v) is 22.6. The molecule has 0 atom stereocenters. The number of hydrogen-bond donors (Lipinski definition) is 0. The first-order valence-electron chi connectivity index (χ1n) is 3.41. The average molecular weight is 233 g/mol. The zero-order valence-corrected chi connectivity index (χ0v) is 9.71. The van der Waals surface area contributed by atoms with Crippen molar-refractivity contribution in [2.75, 3.05) is 0 Å². The molecule has 0 aliphatic heterocycles. The van der Waals surface area contributed by atoms with E-state index in [9.17, 15) is 0 Å². The summed E-state index contributed by atoms with van der Waals surface area (Å²) < 4.78 is 0. The molecule has 58 valence electrons. The van der Waals surface area contributed by atoms with E-state index >= 15 is 0 Å². The third kappa shape index (κ3) is 2.70. The van der Waals surface area contributed by atoms with Gasteiger partial charge in [-0.25, -0.2) is 0 Å². The van der Waals surface area contributed by atoms with Gasteiger partial charge in [-0.3, -0.25) is 0 Å². The Morgan fingerprint density at radius 1 is 0.889 bits per heavy atom. The van der Waals surface area contributed by atoms with Gasteiger partial charge in [-0.05, 0) is 0 Å². The molecule has 0 nitrogen and oxygen atoms in total. The van der Waals surface area contributed by atoms with E-state index in [1.807, 2.05) is 0 Å². The first-order valence-corrected chi connectivity index (χ1v) is 12.3. The summed E-state index contributed by atoms with van der Waals surface area (Å²) in [5.41, 5.74) is 0. The van der Waals surface area contributed by atoms with Gasteiger partial charge in [0.25, 0.3) is 0 Å². The molecule has 0 fully saturated rings. The van der Waals surface area contributed by atoms with Crippen molar-refractivity contribution < 1.29 is 0 Å². The van der Waals surface area contributed by atoms with Crippen molar-refractivity contribution in [2.45, 2.75) is 36.4 Å². The summed E-state index contributed by atoms with van der Waals surface area (Å²) >= 11 is 0. The van der Waals surface area contributed by atoms with Gasteiger partial charge in [0.15, 0.2) is 0 Å². The van der Waals surface area contributed by atoms with Gasteiger partial charge in [0, 0.05) is 0 Å². The maximum absolute atomic E-state index is 6.29. The molecule has 0 unspecified atom stereocenters. The second kappa shape index (κ2) is 3.03. The van der Waals surface area contributed by atoms with Crippen LogP contribution in [0.4, 0.5) is 0 Å². The second-order valence-electron chi connectivity index (χ2n) is 2.40. The topological polar surface area (TPSA) is 0 Å². The third-order valence-electron chi connectivity index (χ3n) is 2.06. The van der Waals surface area contributed by atoms with Crippen LogP contribution >= 0.6 is 19.9 Å². The molecule has 9 heavy (non-hydrogen) atoms. The molecule has 0 aromatic heterocycles. The molecule has 0 rings (SSSR count). The van der Waals surface area contributed by atoms with Crippen LogP contribution in [0, 0.1) is 0 Å². The molecule has 0 amide bonds. The van der Waals surface area contributed by atoms with Gasteiger partial charge in [-0.15, -0.1) is 0 Å². The predicted octanol–water partition coefficient (Wildman–Crippen LogP) is 3.92. The quantitative estimate of drug-likeness (QED) is 0.648. The van der Waals surface area contributed by atoms with Gasteiger partial charge < -0.3 is 0 Å². The van der Waals surface area contributed by atoms with Crippen LogP contribution in [-0.2, 0) is 0 Å². The Bertz CT molecular complexity index is 82.2. The first-order chi connectivity index (χ1) is 3.96. The molecular weight excluding hydrogens is 218 g/mol. The third-order valence-corrected chi connectivity index (χ3v) is 18.2. The van der Waals surface area contributed by atoms with Crippen LogP contribution in [0.3, 0.4) is 0 Å². The fourth-order valence-corrected chi connectivity index (χ4v) is 3.49. The van der Waals surface area contributed by atoms with E-state index in [1.165, 1.54) is 0 Å². The Hall–Kier alpha value is 1.14. The van der Waals surface area contributed by atoms with Crippen molar-refractivity contribution in [3.63, 3.8) is 0 Å². The van der Waals surface area contributed by atoms with E-state index in [2.05, 4.69) is 20.8 Å². The molecule has 0 aliphatic carbocycles. The molecule has 0 aromatic rings. The Morgan fingerprint density at radius 2 is 1.11 bits per heavy atom. The van der Waals surface area contributed by atoms with Crippen LogP contribution in [0.15, 0.2) is 0 Å². The number of rotatable bonds is 3. The standard InChI is InChI=1S/C6H15AsCl2/c1-4-7(8,9,5-2)6-3/h4-6H2,1-3H3. The zero-order chi connectivity index (χ0) is 7.57. The summed E-state index contributed by atoms with van der Waals surface area (Å²) in [6.45, 7) is 6.29. The average Bonchev–Trinajstić information content (AvgIpc) is 1.90. The molecule has 0 radical (unpaired) electrons. The normalized spacial score (nSPS) is 16.8. The van der Waals surface area contributed by atoms with Crippen LogP contribution in [0.2, 0.25) is 15.6 Å². The van der Waals surface area contributed by atoms with Crippen LogP contribution in [0.1, 0.15) is 20.8 Å². The SMILES string of the molecule is CC[As](Cl)(Cl)(CC)CC. The Labute approximate surface area is 66.9 Å². The monoisotopic (exact) mass is 232 g/mol. The number of hydrogen-bond acceptors (Lipinski definition) is 0. The number of halogens is 2. The van der Waals surface area contributed by atoms with Crippen molar-refractivity contribution in [2.24, 2.45) is 0 Å². The minimum absolute atomic E-state index is 0.995. The summed E-state index contributed by atoms with van der Waals surface area (Å²) in [6, 6.07) is 0. The van der Waals surface area contributed by atoms with Gasteiger partial charge in [0.1, 0.15) is 0 Å². The molecule has 0 saturated carbocycles. The van der Waals surface area contributed by atoms with Crippen molar-refractivity contribution >= 4 is 30.5 Å². The Kier molecular flexibility index (Phi) is 3.41. The molecule has 0 bridgehead atoms.